The summed E-state index contributed by atoms with van der Waals surface area (Å²) in [5.41, 5.74) is 5.59. The molecule has 1 heterocycles. The molecule has 1 aromatic rings. The van der Waals surface area contributed by atoms with Crippen molar-refractivity contribution < 1.29 is 4.42 Å². The van der Waals surface area contributed by atoms with Crippen LogP contribution in [0.5, 0.6) is 0 Å². The van der Waals surface area contributed by atoms with Gasteiger partial charge in [-0.1, -0.05) is 6.92 Å². The zero-order valence-electron chi connectivity index (χ0n) is 10.7. The lowest BCUT2D eigenvalue weighted by atomic mass is 10.1. The maximum absolute atomic E-state index is 5.59. The van der Waals surface area contributed by atoms with Gasteiger partial charge < -0.3 is 15.1 Å². The Morgan fingerprint density at radius 3 is 2.69 bits per heavy atom. The molecule has 0 aromatic carbocycles. The molecule has 0 saturated carbocycles. The van der Waals surface area contributed by atoms with Crippen molar-refractivity contribution in [3.05, 3.63) is 23.7 Å². The van der Waals surface area contributed by atoms with Crippen LogP contribution in [0.2, 0.25) is 0 Å². The van der Waals surface area contributed by atoms with Gasteiger partial charge in [-0.25, -0.2) is 0 Å². The van der Waals surface area contributed by atoms with E-state index in [4.69, 9.17) is 10.2 Å². The largest absolute Gasteiger partial charge is 0.466 e. The monoisotopic (exact) mass is 224 g/mol. The van der Waals surface area contributed by atoms with Gasteiger partial charge in [0.2, 0.25) is 0 Å². The highest BCUT2D eigenvalue weighted by molar-refractivity contribution is 5.05. The summed E-state index contributed by atoms with van der Waals surface area (Å²) < 4.78 is 5.53. The smallest absolute Gasteiger partial charge is 0.105 e. The van der Waals surface area contributed by atoms with E-state index in [0.717, 1.165) is 37.6 Å². The van der Waals surface area contributed by atoms with Gasteiger partial charge >= 0.3 is 0 Å². The summed E-state index contributed by atoms with van der Waals surface area (Å²) in [5.74, 6) is 2.69. The number of nitrogens with two attached hydrogens (primary N) is 1. The fourth-order valence-electron chi connectivity index (χ4n) is 1.59. The zero-order chi connectivity index (χ0) is 12.0. The Morgan fingerprint density at radius 1 is 1.38 bits per heavy atom. The van der Waals surface area contributed by atoms with E-state index in [0.29, 0.717) is 5.92 Å². The van der Waals surface area contributed by atoms with E-state index in [2.05, 4.69) is 24.9 Å². The second-order valence-electron chi connectivity index (χ2n) is 4.70. The maximum atomic E-state index is 5.59. The van der Waals surface area contributed by atoms with Crippen molar-refractivity contribution in [2.75, 3.05) is 26.7 Å². The first-order chi connectivity index (χ1) is 7.61. The minimum atomic E-state index is 0.619. The number of hydrogen-bond acceptors (Lipinski definition) is 3. The van der Waals surface area contributed by atoms with E-state index < -0.39 is 0 Å². The predicted molar refractivity (Wildman–Crippen MR) is 67.5 cm³/mol. The van der Waals surface area contributed by atoms with E-state index in [9.17, 15) is 0 Å². The van der Waals surface area contributed by atoms with Crippen LogP contribution < -0.4 is 5.73 Å². The van der Waals surface area contributed by atoms with Crippen molar-refractivity contribution in [3.63, 3.8) is 0 Å². The summed E-state index contributed by atoms with van der Waals surface area (Å²) in [7, 11) is 2.15. The fraction of sp³-hybridized carbons (Fsp3) is 0.692. The van der Waals surface area contributed by atoms with Crippen LogP contribution in [0.15, 0.2) is 16.5 Å². The second kappa shape index (κ2) is 6.71. The number of aryl methyl sites for hydroxylation is 1. The summed E-state index contributed by atoms with van der Waals surface area (Å²) in [5, 5.41) is 0. The molecule has 1 unspecified atom stereocenters. The van der Waals surface area contributed by atoms with Crippen LogP contribution >= 0.6 is 0 Å². The minimum absolute atomic E-state index is 0.619. The van der Waals surface area contributed by atoms with Crippen LogP contribution in [-0.2, 0) is 6.42 Å². The highest BCUT2D eigenvalue weighted by Crippen LogP contribution is 2.08. The molecule has 92 valence electrons. The first kappa shape index (κ1) is 13.3. The van der Waals surface area contributed by atoms with Crippen molar-refractivity contribution in [2.45, 2.75) is 26.7 Å². The molecule has 16 heavy (non-hydrogen) atoms. The van der Waals surface area contributed by atoms with Gasteiger partial charge in [0, 0.05) is 13.0 Å². The molecule has 1 aromatic heterocycles. The Labute approximate surface area is 98.6 Å². The van der Waals surface area contributed by atoms with Crippen molar-refractivity contribution in [1.29, 1.82) is 0 Å². The zero-order valence-corrected chi connectivity index (χ0v) is 10.7. The highest BCUT2D eigenvalue weighted by atomic mass is 16.3. The second-order valence-corrected chi connectivity index (χ2v) is 4.70. The number of rotatable bonds is 7. The highest BCUT2D eigenvalue weighted by Gasteiger charge is 2.04. The fourth-order valence-corrected chi connectivity index (χ4v) is 1.59. The molecule has 1 atom stereocenters. The average molecular weight is 224 g/mol. The molecule has 0 radical (unpaired) electrons. The molecule has 0 fully saturated rings. The van der Waals surface area contributed by atoms with Crippen molar-refractivity contribution in [2.24, 2.45) is 11.7 Å². The molecule has 2 N–H and O–H groups in total. The van der Waals surface area contributed by atoms with Crippen molar-refractivity contribution in [1.82, 2.24) is 4.90 Å². The van der Waals surface area contributed by atoms with Gasteiger partial charge in [-0.2, -0.15) is 0 Å². The van der Waals surface area contributed by atoms with Crippen LogP contribution in [0.3, 0.4) is 0 Å². The molecule has 0 spiro atoms. The van der Waals surface area contributed by atoms with Gasteiger partial charge in [-0.3, -0.25) is 0 Å². The number of likely N-dealkylation sites (N-methyl/N-ethyl adjacent to an activating group) is 1. The van der Waals surface area contributed by atoms with Gasteiger partial charge in [0.25, 0.3) is 0 Å². The summed E-state index contributed by atoms with van der Waals surface area (Å²) in [6, 6.07) is 4.08. The summed E-state index contributed by atoms with van der Waals surface area (Å²) >= 11 is 0. The number of nitrogens with zero attached hydrogens (tertiary/aromatic N) is 1. The normalized spacial score (nSPS) is 13.3. The van der Waals surface area contributed by atoms with Crippen molar-refractivity contribution >= 4 is 0 Å². The topological polar surface area (TPSA) is 42.4 Å². The molecule has 0 amide bonds. The molecular weight excluding hydrogens is 200 g/mol. The first-order valence-electron chi connectivity index (χ1n) is 6.05. The molecule has 0 bridgehead atoms. The number of hydrogen-bond donors (Lipinski definition) is 1. The Balaban J connectivity index is 2.17. The van der Waals surface area contributed by atoms with Gasteiger partial charge in [0.15, 0.2) is 0 Å². The average Bonchev–Trinajstić information content (AvgIpc) is 2.69. The quantitative estimate of drug-likeness (QED) is 0.770. The number of furan rings is 1. The standard InChI is InChI=1S/C13H24N2O/c1-11(10-14)6-8-15(3)9-7-13-5-4-12(2)16-13/h4-5,11H,6-10,14H2,1-3H3. The van der Waals surface area contributed by atoms with E-state index in [-0.39, 0.29) is 0 Å². The SMILES string of the molecule is Cc1ccc(CCN(C)CCC(C)CN)o1. The van der Waals surface area contributed by atoms with E-state index in [1.165, 1.54) is 6.42 Å². The van der Waals surface area contributed by atoms with Crippen LogP contribution in [0.1, 0.15) is 24.9 Å². The van der Waals surface area contributed by atoms with Gasteiger partial charge in [0.05, 0.1) is 0 Å². The molecular formula is C13H24N2O. The summed E-state index contributed by atoms with van der Waals surface area (Å²) in [6.45, 7) is 7.12. The van der Waals surface area contributed by atoms with Crippen LogP contribution in [0.25, 0.3) is 0 Å². The third kappa shape index (κ3) is 4.81. The molecule has 3 heteroatoms. The molecule has 1 rings (SSSR count). The van der Waals surface area contributed by atoms with Crippen LogP contribution in [0, 0.1) is 12.8 Å². The third-order valence-electron chi connectivity index (χ3n) is 2.94. The third-order valence-corrected chi connectivity index (χ3v) is 2.94. The molecule has 0 aliphatic carbocycles. The Hall–Kier alpha value is -0.800. The Bertz CT molecular complexity index is 296. The lowest BCUT2D eigenvalue weighted by Crippen LogP contribution is -2.25. The van der Waals surface area contributed by atoms with Gasteiger partial charge in [-0.15, -0.1) is 0 Å². The molecule has 0 saturated heterocycles. The Morgan fingerprint density at radius 2 is 2.12 bits per heavy atom. The van der Waals surface area contributed by atoms with Gasteiger partial charge in [-0.05, 0) is 51.5 Å². The molecule has 0 aliphatic rings. The predicted octanol–water partition coefficient (Wildman–Crippen LogP) is 2.05. The van der Waals surface area contributed by atoms with Crippen LogP contribution in [-0.4, -0.2) is 31.6 Å². The van der Waals surface area contributed by atoms with Crippen molar-refractivity contribution in [3.8, 4) is 0 Å². The lowest BCUT2D eigenvalue weighted by Gasteiger charge is -2.17. The maximum Gasteiger partial charge on any atom is 0.105 e. The summed E-state index contributed by atoms with van der Waals surface area (Å²) in [6.07, 6.45) is 2.16. The first-order valence-corrected chi connectivity index (χ1v) is 6.05. The van der Waals surface area contributed by atoms with E-state index in [1.807, 2.05) is 13.0 Å². The van der Waals surface area contributed by atoms with E-state index in [1.54, 1.807) is 0 Å². The lowest BCUT2D eigenvalue weighted by molar-refractivity contribution is 0.301. The molecule has 0 aliphatic heterocycles. The molecule has 3 nitrogen and oxygen atoms in total. The van der Waals surface area contributed by atoms with Crippen LogP contribution in [0.4, 0.5) is 0 Å². The van der Waals surface area contributed by atoms with Gasteiger partial charge in [0.1, 0.15) is 11.5 Å². The van der Waals surface area contributed by atoms with E-state index >= 15 is 0 Å². The Kier molecular flexibility index (Phi) is 5.56. The minimum Gasteiger partial charge on any atom is -0.466 e. The summed E-state index contributed by atoms with van der Waals surface area (Å²) in [4.78, 5) is 2.34.